The van der Waals surface area contributed by atoms with Crippen molar-refractivity contribution in [3.8, 4) is 0 Å². The minimum absolute atomic E-state index is 0.0438. The van der Waals surface area contributed by atoms with Crippen LogP contribution >= 0.6 is 0 Å². The largest absolute Gasteiger partial charge is 0.396 e. The third-order valence-corrected chi connectivity index (χ3v) is 10.7. The van der Waals surface area contributed by atoms with Gasteiger partial charge in [0, 0.05) is 6.61 Å². The number of aliphatic hydroxyl groups is 2. The molecule has 0 aromatic carbocycles. The second kappa shape index (κ2) is 7.31. The van der Waals surface area contributed by atoms with Gasteiger partial charge in [0.2, 0.25) is 0 Å². The van der Waals surface area contributed by atoms with Gasteiger partial charge in [-0.05, 0) is 110 Å². The lowest BCUT2D eigenvalue weighted by atomic mass is 9.42. The van der Waals surface area contributed by atoms with Crippen LogP contribution in [0.4, 0.5) is 0 Å². The molecule has 0 amide bonds. The van der Waals surface area contributed by atoms with E-state index < -0.39 is 0 Å². The Balaban J connectivity index is 1.61. The average Bonchev–Trinajstić information content (AvgIpc) is 2.99. The Labute approximate surface area is 167 Å². The second-order valence-corrected chi connectivity index (χ2v) is 11.5. The molecule has 2 N–H and O–H groups in total. The topological polar surface area (TPSA) is 40.5 Å². The van der Waals surface area contributed by atoms with Crippen molar-refractivity contribution >= 4 is 0 Å². The highest BCUT2D eigenvalue weighted by molar-refractivity contribution is 5.11. The van der Waals surface area contributed by atoms with E-state index in [0.29, 0.717) is 23.4 Å². The van der Waals surface area contributed by atoms with Crippen LogP contribution in [-0.4, -0.2) is 22.9 Å². The SMILES string of the molecule is CC[C@H]1CC2C3CC[C@H]([C@H](C)CCO)C3(C)CC[C@@H]2C2(C)CC[C@@H](O)CC12. The molecular formula is C25H44O2. The Morgan fingerprint density at radius 2 is 1.63 bits per heavy atom. The van der Waals surface area contributed by atoms with Gasteiger partial charge in [0.15, 0.2) is 0 Å². The normalized spacial score (nSPS) is 53.3. The summed E-state index contributed by atoms with van der Waals surface area (Å²) in [7, 11) is 0. The van der Waals surface area contributed by atoms with Crippen molar-refractivity contribution in [3.05, 3.63) is 0 Å². The summed E-state index contributed by atoms with van der Waals surface area (Å²) >= 11 is 0. The first-order valence-corrected chi connectivity index (χ1v) is 12.1. The molecule has 0 spiro atoms. The molecule has 0 aromatic rings. The van der Waals surface area contributed by atoms with Crippen LogP contribution in [0.1, 0.15) is 91.9 Å². The zero-order chi connectivity index (χ0) is 19.4. The summed E-state index contributed by atoms with van der Waals surface area (Å²) in [6, 6.07) is 0. The van der Waals surface area contributed by atoms with Gasteiger partial charge in [-0.1, -0.05) is 34.1 Å². The highest BCUT2D eigenvalue weighted by atomic mass is 16.3. The average molecular weight is 377 g/mol. The molecule has 2 heteroatoms. The maximum absolute atomic E-state index is 10.4. The highest BCUT2D eigenvalue weighted by Gasteiger charge is 2.62. The first-order valence-electron chi connectivity index (χ1n) is 12.1. The van der Waals surface area contributed by atoms with Crippen molar-refractivity contribution in [3.63, 3.8) is 0 Å². The summed E-state index contributed by atoms with van der Waals surface area (Å²) < 4.78 is 0. The predicted molar refractivity (Wildman–Crippen MR) is 111 cm³/mol. The first kappa shape index (κ1) is 20.2. The fourth-order valence-electron chi connectivity index (χ4n) is 9.31. The fourth-order valence-corrected chi connectivity index (χ4v) is 9.31. The summed E-state index contributed by atoms with van der Waals surface area (Å²) in [4.78, 5) is 0. The molecule has 0 aromatic heterocycles. The molecular weight excluding hydrogens is 332 g/mol. The fraction of sp³-hybridized carbons (Fsp3) is 1.00. The number of rotatable bonds is 4. The van der Waals surface area contributed by atoms with Gasteiger partial charge in [-0.15, -0.1) is 0 Å². The molecule has 0 bridgehead atoms. The molecule has 2 nitrogen and oxygen atoms in total. The molecule has 0 heterocycles. The van der Waals surface area contributed by atoms with Crippen molar-refractivity contribution in [1.82, 2.24) is 0 Å². The number of hydrogen-bond acceptors (Lipinski definition) is 2. The van der Waals surface area contributed by atoms with E-state index in [9.17, 15) is 10.2 Å². The van der Waals surface area contributed by atoms with Gasteiger partial charge in [0.1, 0.15) is 0 Å². The van der Waals surface area contributed by atoms with E-state index in [1.807, 2.05) is 0 Å². The van der Waals surface area contributed by atoms with Crippen molar-refractivity contribution in [1.29, 1.82) is 0 Å². The Bertz CT molecular complexity index is 532. The van der Waals surface area contributed by atoms with Gasteiger partial charge in [-0.25, -0.2) is 0 Å². The third kappa shape index (κ3) is 3.03. The standard InChI is InChI=1S/C25H44O2/c1-5-17-14-19-21-7-6-20(16(2)10-13-26)24(21,3)12-9-22(19)25(4)11-8-18(27)15-23(17)25/h16-23,26-27H,5-15H2,1-4H3/t16-,17+,18-,19?,20-,21?,22+,23?,24?,25?/m1/s1. The van der Waals surface area contributed by atoms with Gasteiger partial charge in [-0.2, -0.15) is 0 Å². The lowest BCUT2D eigenvalue weighted by molar-refractivity contribution is -0.152. The Morgan fingerprint density at radius 3 is 2.33 bits per heavy atom. The van der Waals surface area contributed by atoms with Crippen LogP contribution in [0.5, 0.6) is 0 Å². The van der Waals surface area contributed by atoms with Crippen LogP contribution in [0.2, 0.25) is 0 Å². The Morgan fingerprint density at radius 1 is 0.926 bits per heavy atom. The van der Waals surface area contributed by atoms with Gasteiger partial charge >= 0.3 is 0 Å². The molecule has 5 unspecified atom stereocenters. The lowest BCUT2D eigenvalue weighted by Crippen LogP contribution is -2.56. The first-order chi connectivity index (χ1) is 12.8. The van der Waals surface area contributed by atoms with Crippen molar-refractivity contribution < 1.29 is 10.2 Å². The molecule has 156 valence electrons. The predicted octanol–water partition coefficient (Wildman–Crippen LogP) is 5.66. The molecule has 27 heavy (non-hydrogen) atoms. The van der Waals surface area contributed by atoms with Crippen LogP contribution in [0.3, 0.4) is 0 Å². The summed E-state index contributed by atoms with van der Waals surface area (Å²) in [6.07, 6.45) is 12.7. The van der Waals surface area contributed by atoms with Gasteiger partial charge < -0.3 is 10.2 Å². The minimum atomic E-state index is -0.0438. The Hall–Kier alpha value is -0.0800. The summed E-state index contributed by atoms with van der Waals surface area (Å²) in [5, 5.41) is 19.9. The van der Waals surface area contributed by atoms with E-state index in [1.165, 1.54) is 44.9 Å². The molecule has 0 radical (unpaired) electrons. The highest BCUT2D eigenvalue weighted by Crippen LogP contribution is 2.69. The summed E-state index contributed by atoms with van der Waals surface area (Å²) in [6.45, 7) is 10.4. The van der Waals surface area contributed by atoms with Crippen LogP contribution in [0, 0.1) is 52.3 Å². The van der Waals surface area contributed by atoms with E-state index >= 15 is 0 Å². The minimum Gasteiger partial charge on any atom is -0.396 e. The van der Waals surface area contributed by atoms with Crippen LogP contribution in [-0.2, 0) is 0 Å². The molecule has 10 atom stereocenters. The summed E-state index contributed by atoms with van der Waals surface area (Å²) in [5.41, 5.74) is 0.977. The maximum Gasteiger partial charge on any atom is 0.0543 e. The quantitative estimate of drug-likeness (QED) is 0.664. The van der Waals surface area contributed by atoms with Gasteiger partial charge in [0.05, 0.1) is 6.10 Å². The van der Waals surface area contributed by atoms with Crippen LogP contribution in [0.25, 0.3) is 0 Å². The molecule has 4 rings (SSSR count). The van der Waals surface area contributed by atoms with Gasteiger partial charge in [0.25, 0.3) is 0 Å². The number of hydrogen-bond donors (Lipinski definition) is 2. The molecule has 0 saturated heterocycles. The monoisotopic (exact) mass is 376 g/mol. The zero-order valence-electron chi connectivity index (χ0n) is 18.3. The third-order valence-electron chi connectivity index (χ3n) is 10.7. The molecule has 4 aliphatic rings. The smallest absolute Gasteiger partial charge is 0.0543 e. The maximum atomic E-state index is 10.4. The van der Waals surface area contributed by atoms with E-state index in [4.69, 9.17) is 0 Å². The zero-order valence-corrected chi connectivity index (χ0v) is 18.3. The van der Waals surface area contributed by atoms with Crippen LogP contribution in [0.15, 0.2) is 0 Å². The lowest BCUT2D eigenvalue weighted by Gasteiger charge is -2.63. The Kier molecular flexibility index (Phi) is 5.47. The second-order valence-electron chi connectivity index (χ2n) is 11.5. The number of aliphatic hydroxyl groups excluding tert-OH is 2. The van der Waals surface area contributed by atoms with E-state index in [1.54, 1.807) is 0 Å². The molecule has 0 aliphatic heterocycles. The molecule has 4 saturated carbocycles. The molecule has 4 fully saturated rings. The van der Waals surface area contributed by atoms with Crippen molar-refractivity contribution in [2.45, 2.75) is 98.0 Å². The van der Waals surface area contributed by atoms with E-state index in [2.05, 4.69) is 27.7 Å². The number of fused-ring (bicyclic) bond motifs is 5. The van der Waals surface area contributed by atoms with Crippen molar-refractivity contribution in [2.75, 3.05) is 6.61 Å². The molecule has 4 aliphatic carbocycles. The van der Waals surface area contributed by atoms with Gasteiger partial charge in [-0.3, -0.25) is 0 Å². The van der Waals surface area contributed by atoms with E-state index in [-0.39, 0.29) is 6.10 Å². The summed E-state index contributed by atoms with van der Waals surface area (Å²) in [5.74, 6) is 5.76. The van der Waals surface area contributed by atoms with E-state index in [0.717, 1.165) is 54.8 Å². The van der Waals surface area contributed by atoms with Crippen LogP contribution < -0.4 is 0 Å². The van der Waals surface area contributed by atoms with Crippen molar-refractivity contribution in [2.24, 2.45) is 52.3 Å².